The van der Waals surface area contributed by atoms with Crippen LogP contribution in [-0.4, -0.2) is 50.0 Å². The van der Waals surface area contributed by atoms with Gasteiger partial charge in [-0.15, -0.1) is 0 Å². The molecule has 0 spiro atoms. The van der Waals surface area contributed by atoms with Crippen molar-refractivity contribution >= 4 is 33.7 Å². The van der Waals surface area contributed by atoms with Crippen molar-refractivity contribution in [2.24, 2.45) is 5.92 Å². The minimum Gasteiger partial charge on any atom is -1.00 e. The molecule has 0 aromatic heterocycles. The summed E-state index contributed by atoms with van der Waals surface area (Å²) in [5.41, 5.74) is 1.34. The number of carboxylic acids is 1. The van der Waals surface area contributed by atoms with Gasteiger partial charge >= 0.3 is 24.8 Å². The van der Waals surface area contributed by atoms with Crippen molar-refractivity contribution in [1.82, 2.24) is 10.0 Å². The smallest absolute Gasteiger partial charge is 1.00 e. The number of hydrogen-bond acceptors (Lipinski definition) is 5. The first-order valence-electron chi connectivity index (χ1n) is 12.0. The van der Waals surface area contributed by atoms with Crippen LogP contribution in [-0.2, 0) is 14.8 Å². The summed E-state index contributed by atoms with van der Waals surface area (Å²) in [7, 11) is -3.76. The number of rotatable bonds is 12. The van der Waals surface area contributed by atoms with Crippen LogP contribution >= 0.6 is 11.8 Å². The van der Waals surface area contributed by atoms with Gasteiger partial charge in [-0.1, -0.05) is 62.4 Å². The second kappa shape index (κ2) is 14.8. The molecule has 1 amide bonds. The maximum absolute atomic E-state index is 13.1. The second-order valence-corrected chi connectivity index (χ2v) is 11.7. The van der Waals surface area contributed by atoms with Crippen molar-refractivity contribution in [3.63, 3.8) is 0 Å². The largest absolute Gasteiger partial charge is 1.00 e. The van der Waals surface area contributed by atoms with E-state index in [1.165, 1.54) is 49.2 Å². The predicted molar refractivity (Wildman–Crippen MR) is 141 cm³/mol. The summed E-state index contributed by atoms with van der Waals surface area (Å²) in [6.45, 7) is 0.381. The van der Waals surface area contributed by atoms with Crippen molar-refractivity contribution in [1.29, 1.82) is 0 Å². The van der Waals surface area contributed by atoms with Gasteiger partial charge in [-0.05, 0) is 60.1 Å². The fourth-order valence-electron chi connectivity index (χ4n) is 4.43. The molecule has 192 valence electrons. The third-order valence-electron chi connectivity index (χ3n) is 6.41. The van der Waals surface area contributed by atoms with Crippen LogP contribution in [0.15, 0.2) is 53.4 Å². The monoisotopic (exact) mass is 526 g/mol. The average molecular weight is 527 g/mol. The van der Waals surface area contributed by atoms with E-state index in [1.807, 2.05) is 12.3 Å². The van der Waals surface area contributed by atoms with E-state index in [-0.39, 0.29) is 30.7 Å². The maximum Gasteiger partial charge on any atom is 1.00 e. The van der Waals surface area contributed by atoms with Gasteiger partial charge in [0.15, 0.2) is 0 Å². The summed E-state index contributed by atoms with van der Waals surface area (Å²) in [6, 6.07) is 12.4. The maximum atomic E-state index is 13.1. The number of carbonyl (C=O) groups excluding carboxylic acids is 1. The summed E-state index contributed by atoms with van der Waals surface area (Å²) >= 11 is 1.50. The number of thioether (sulfide) groups is 1. The van der Waals surface area contributed by atoms with Crippen molar-refractivity contribution in [2.75, 3.05) is 18.6 Å². The van der Waals surface area contributed by atoms with E-state index < -0.39 is 27.9 Å². The minimum atomic E-state index is -3.76. The molecule has 1 saturated carbocycles. The van der Waals surface area contributed by atoms with Crippen molar-refractivity contribution < 1.29 is 43.4 Å². The van der Waals surface area contributed by atoms with Crippen LogP contribution in [0.2, 0.25) is 0 Å². The van der Waals surface area contributed by atoms with E-state index in [2.05, 4.69) is 10.0 Å². The predicted octanol–water partition coefficient (Wildman–Crippen LogP) is 1.65. The van der Waals surface area contributed by atoms with E-state index in [0.29, 0.717) is 35.8 Å². The van der Waals surface area contributed by atoms with E-state index in [9.17, 15) is 23.1 Å². The van der Waals surface area contributed by atoms with Crippen LogP contribution in [0.4, 0.5) is 0 Å². The number of benzene rings is 2. The Morgan fingerprint density at radius 2 is 1.81 bits per heavy atom. The Labute approximate surface area is 231 Å². The molecule has 36 heavy (non-hydrogen) atoms. The molecule has 3 N–H and O–H groups in total. The summed E-state index contributed by atoms with van der Waals surface area (Å²) in [4.78, 5) is 24.8. The van der Waals surface area contributed by atoms with Gasteiger partial charge in [0, 0.05) is 12.1 Å². The van der Waals surface area contributed by atoms with Gasteiger partial charge in [0.25, 0.3) is 5.91 Å². The quantitative estimate of drug-likeness (QED) is 0.363. The number of carboxylic acid groups (broad SMARTS) is 1. The Morgan fingerprint density at radius 1 is 1.11 bits per heavy atom. The number of hydrogen-bond donors (Lipinski definition) is 3. The minimum absolute atomic E-state index is 0. The van der Waals surface area contributed by atoms with E-state index in [0.717, 1.165) is 19.3 Å². The Morgan fingerprint density at radius 3 is 2.44 bits per heavy atom. The SMILES string of the molecule is CSCC[C@H](NC(=O)c1ccc(S(=O)(=O)NCCC2CCCCC2)cc1-c1ccccc1)C(=O)O.[H-].[Li+]. The summed E-state index contributed by atoms with van der Waals surface area (Å²) < 4.78 is 28.8. The molecule has 0 aliphatic heterocycles. The number of aliphatic carboxylic acids is 1. The van der Waals surface area contributed by atoms with Crippen LogP contribution in [0.5, 0.6) is 0 Å². The molecule has 1 atom stereocenters. The van der Waals surface area contributed by atoms with Crippen LogP contribution in [0.3, 0.4) is 0 Å². The van der Waals surface area contributed by atoms with Crippen molar-refractivity contribution in [2.45, 2.75) is 55.9 Å². The van der Waals surface area contributed by atoms with Gasteiger partial charge in [-0.25, -0.2) is 17.9 Å². The van der Waals surface area contributed by atoms with Crippen LogP contribution < -0.4 is 28.9 Å². The average Bonchev–Trinajstić information content (AvgIpc) is 2.87. The van der Waals surface area contributed by atoms with Gasteiger partial charge in [0.2, 0.25) is 10.0 Å². The molecule has 2 aromatic carbocycles. The molecule has 0 bridgehead atoms. The molecule has 0 heterocycles. The molecule has 7 nitrogen and oxygen atoms in total. The third-order valence-corrected chi connectivity index (χ3v) is 8.52. The van der Waals surface area contributed by atoms with Crippen LogP contribution in [0.25, 0.3) is 11.1 Å². The topological polar surface area (TPSA) is 113 Å². The number of sulfonamides is 1. The zero-order valence-corrected chi connectivity index (χ0v) is 22.7. The van der Waals surface area contributed by atoms with Gasteiger partial charge in [-0.3, -0.25) is 4.79 Å². The van der Waals surface area contributed by atoms with E-state index in [1.54, 1.807) is 24.3 Å². The number of amides is 1. The molecule has 2 aromatic rings. The van der Waals surface area contributed by atoms with Gasteiger partial charge in [0.05, 0.1) is 4.90 Å². The van der Waals surface area contributed by atoms with Crippen LogP contribution in [0.1, 0.15) is 56.7 Å². The van der Waals surface area contributed by atoms with Crippen molar-refractivity contribution in [3.8, 4) is 11.1 Å². The Kier molecular flexibility index (Phi) is 12.6. The second-order valence-electron chi connectivity index (χ2n) is 8.91. The fraction of sp³-hybridized carbons (Fsp3) is 0.462. The Bertz CT molecular complexity index is 1110. The normalized spacial score (nSPS) is 15.0. The molecule has 10 heteroatoms. The summed E-state index contributed by atoms with van der Waals surface area (Å²) in [5.74, 6) is -0.501. The third kappa shape index (κ3) is 8.67. The summed E-state index contributed by atoms with van der Waals surface area (Å²) in [5, 5.41) is 12.1. The molecule has 0 saturated heterocycles. The van der Waals surface area contributed by atoms with Gasteiger partial charge in [0.1, 0.15) is 6.04 Å². The molecule has 1 aliphatic carbocycles. The Balaban J connectivity index is 0.00000342. The van der Waals surface area contributed by atoms with Crippen molar-refractivity contribution in [3.05, 3.63) is 54.1 Å². The first kappa shape index (κ1) is 30.5. The van der Waals surface area contributed by atoms with Gasteiger partial charge < -0.3 is 11.8 Å². The molecule has 1 aliphatic rings. The fourth-order valence-corrected chi connectivity index (χ4v) is 5.98. The van der Waals surface area contributed by atoms with E-state index >= 15 is 0 Å². The number of nitrogens with one attached hydrogen (secondary N) is 2. The molecule has 1 fully saturated rings. The summed E-state index contributed by atoms with van der Waals surface area (Å²) in [6.07, 6.45) is 8.96. The number of carbonyl (C=O) groups is 2. The molecule has 0 unspecified atom stereocenters. The Hall–Kier alpha value is -1.76. The first-order valence-corrected chi connectivity index (χ1v) is 14.9. The standard InChI is InChI=1S/C26H34N2O5S2.Li.H/c1-34-17-15-24(26(30)31)28-25(29)22-13-12-21(18-23(22)20-10-6-3-7-11-20)35(32,33)27-16-14-19-8-4-2-5-9-19;;/h3,6-7,10-13,18-19,24,27H,2,4-5,8-9,14-17H2,1H3,(H,28,29)(H,30,31);;/q;+1;-1/t24-;;/m0../s1. The zero-order valence-electron chi connectivity index (χ0n) is 22.0. The van der Waals surface area contributed by atoms with E-state index in [4.69, 9.17) is 0 Å². The molecule has 3 rings (SSSR count). The zero-order chi connectivity index (χ0) is 25.3. The molecule has 0 radical (unpaired) electrons. The first-order chi connectivity index (χ1) is 16.8. The van der Waals surface area contributed by atoms with Crippen LogP contribution in [0, 0.1) is 5.92 Å². The van der Waals surface area contributed by atoms with Gasteiger partial charge in [-0.2, -0.15) is 11.8 Å². The molecular formula is C26H35LiN2O5S2. The molecular weight excluding hydrogens is 491 g/mol.